The smallest absolute Gasteiger partial charge is 0.161 e. The molecule has 0 fully saturated rings. The maximum absolute atomic E-state index is 13.3. The van der Waals surface area contributed by atoms with E-state index in [9.17, 15) is 15.3 Å². The number of nitrogens with zero attached hydrogens (tertiary/aromatic N) is 2. The molecule has 1 unspecified atom stereocenters. The highest BCUT2D eigenvalue weighted by atomic mass is 32.1. The topological polar surface area (TPSA) is 77.3 Å². The van der Waals surface area contributed by atoms with Crippen LogP contribution in [0.4, 0.5) is 5.69 Å². The molecule has 2 aromatic heterocycles. The monoisotopic (exact) mass is 427 g/mol. The third kappa shape index (κ3) is 3.29. The second-order valence-corrected chi connectivity index (χ2v) is 8.59. The summed E-state index contributed by atoms with van der Waals surface area (Å²) in [6, 6.07) is 16.9. The van der Waals surface area contributed by atoms with Gasteiger partial charge in [-0.1, -0.05) is 36.4 Å². The molecule has 0 bridgehead atoms. The molecule has 5 rings (SSSR count). The number of benzene rings is 1. The maximum Gasteiger partial charge on any atom is 0.161 e. The number of hydrogen-bond acceptors (Lipinski definition) is 5. The number of aromatic nitrogens is 1. The minimum atomic E-state index is -0.455. The van der Waals surface area contributed by atoms with Gasteiger partial charge in [0, 0.05) is 34.3 Å². The van der Waals surface area contributed by atoms with Gasteiger partial charge >= 0.3 is 0 Å². The summed E-state index contributed by atoms with van der Waals surface area (Å²) in [5.74, 6) is -0.160. The fourth-order valence-electron chi connectivity index (χ4n) is 4.45. The van der Waals surface area contributed by atoms with Crippen LogP contribution in [0, 0.1) is 5.41 Å². The van der Waals surface area contributed by atoms with Crippen LogP contribution in [0.15, 0.2) is 89.2 Å². The highest BCUT2D eigenvalue weighted by molar-refractivity contribution is 7.10. The van der Waals surface area contributed by atoms with E-state index in [2.05, 4.69) is 4.98 Å². The van der Waals surface area contributed by atoms with Gasteiger partial charge in [0.05, 0.1) is 23.4 Å². The number of carbonyl (C=O) groups is 1. The number of pyridine rings is 1. The molecule has 1 aliphatic carbocycles. The number of allylic oxidation sites excluding steroid dienone is 2. The zero-order valence-electron chi connectivity index (χ0n) is 16.8. The summed E-state index contributed by atoms with van der Waals surface area (Å²) in [6.07, 6.45) is 5.32. The van der Waals surface area contributed by atoms with Crippen molar-refractivity contribution in [3.63, 3.8) is 0 Å². The summed E-state index contributed by atoms with van der Waals surface area (Å²) < 4.78 is 0. The Morgan fingerprint density at radius 3 is 2.65 bits per heavy atom. The van der Waals surface area contributed by atoms with Crippen LogP contribution in [-0.4, -0.2) is 21.7 Å². The van der Waals surface area contributed by atoms with E-state index in [-0.39, 0.29) is 17.4 Å². The average molecular weight is 428 g/mol. The van der Waals surface area contributed by atoms with Crippen molar-refractivity contribution in [2.24, 2.45) is 0 Å². The highest BCUT2D eigenvalue weighted by Gasteiger charge is 2.43. The number of ketones is 1. The highest BCUT2D eigenvalue weighted by Crippen LogP contribution is 2.48. The van der Waals surface area contributed by atoms with E-state index in [1.165, 1.54) is 0 Å². The average Bonchev–Trinajstić information content (AvgIpc) is 3.34. The first kappa shape index (κ1) is 19.5. The molecule has 3 aromatic rings. The van der Waals surface area contributed by atoms with Gasteiger partial charge in [-0.2, -0.15) is 0 Å². The summed E-state index contributed by atoms with van der Waals surface area (Å²) in [7, 11) is 0. The van der Waals surface area contributed by atoms with Gasteiger partial charge in [0.25, 0.3) is 0 Å². The summed E-state index contributed by atoms with van der Waals surface area (Å²) >= 11 is 1.54. The predicted molar refractivity (Wildman–Crippen MR) is 123 cm³/mol. The number of aliphatic hydroxyl groups excluding tert-OH is 1. The van der Waals surface area contributed by atoms with Crippen LogP contribution in [0.25, 0.3) is 5.76 Å². The Morgan fingerprint density at radius 2 is 1.94 bits per heavy atom. The van der Waals surface area contributed by atoms with E-state index in [1.54, 1.807) is 28.6 Å². The van der Waals surface area contributed by atoms with Crippen LogP contribution in [0.5, 0.6) is 0 Å². The maximum atomic E-state index is 13.3. The molecule has 1 aliphatic heterocycles. The van der Waals surface area contributed by atoms with Crippen LogP contribution in [-0.2, 0) is 4.79 Å². The van der Waals surface area contributed by atoms with Gasteiger partial charge in [-0.15, -0.1) is 11.3 Å². The van der Waals surface area contributed by atoms with Gasteiger partial charge in [0.2, 0.25) is 0 Å². The SMILES string of the molecule is N=C1/C(=C(/O)c2ccccc2)C(c2cccs2)C2=C(CCCC2=O)N1c1cccnc1. The largest absolute Gasteiger partial charge is 0.507 e. The Bertz CT molecular complexity index is 1200. The fourth-order valence-corrected chi connectivity index (χ4v) is 5.30. The van der Waals surface area contributed by atoms with Crippen LogP contribution in [0.1, 0.15) is 35.6 Å². The van der Waals surface area contributed by atoms with Crippen molar-refractivity contribution in [3.05, 3.63) is 99.7 Å². The van der Waals surface area contributed by atoms with Crippen LogP contribution >= 0.6 is 11.3 Å². The van der Waals surface area contributed by atoms with Gasteiger partial charge in [0.1, 0.15) is 11.6 Å². The lowest BCUT2D eigenvalue weighted by Crippen LogP contribution is -2.42. The van der Waals surface area contributed by atoms with Gasteiger partial charge in [-0.25, -0.2) is 0 Å². The van der Waals surface area contributed by atoms with Crippen LogP contribution < -0.4 is 4.90 Å². The zero-order chi connectivity index (χ0) is 21.4. The van der Waals surface area contributed by atoms with Crippen molar-refractivity contribution in [1.29, 1.82) is 5.41 Å². The normalized spacial score (nSPS) is 20.6. The van der Waals surface area contributed by atoms with E-state index in [1.807, 2.05) is 60.0 Å². The Morgan fingerprint density at radius 1 is 1.10 bits per heavy atom. The summed E-state index contributed by atoms with van der Waals surface area (Å²) in [5.41, 5.74) is 3.33. The second-order valence-electron chi connectivity index (χ2n) is 7.61. The van der Waals surface area contributed by atoms with Crippen molar-refractivity contribution < 1.29 is 9.90 Å². The van der Waals surface area contributed by atoms with E-state index in [0.717, 1.165) is 22.7 Å². The molecule has 3 heterocycles. The number of Topliss-reactive ketones (excluding diaryl/α,β-unsaturated/α-hetero) is 1. The predicted octanol–water partition coefficient (Wildman–Crippen LogP) is 5.70. The Balaban J connectivity index is 1.82. The van der Waals surface area contributed by atoms with Crippen molar-refractivity contribution in [2.45, 2.75) is 25.2 Å². The molecule has 154 valence electrons. The van der Waals surface area contributed by atoms with Crippen molar-refractivity contribution in [3.8, 4) is 0 Å². The number of carbonyl (C=O) groups excluding carboxylic acids is 1. The number of rotatable bonds is 3. The summed E-state index contributed by atoms with van der Waals surface area (Å²) in [4.78, 5) is 20.2. The standard InChI is InChI=1S/C25H21N3O2S/c26-25-23(24(30)16-7-2-1-3-8-16)22(20-12-6-14-31-20)21-18(10-4-11-19(21)29)28(25)17-9-5-13-27-15-17/h1-3,5-9,12-15,22,26,30H,4,10-11H2/b24-23+,26-25?. The molecular weight excluding hydrogens is 406 g/mol. The van der Waals surface area contributed by atoms with Crippen molar-refractivity contribution >= 4 is 34.4 Å². The number of hydrogen-bond donors (Lipinski definition) is 2. The second kappa shape index (κ2) is 7.96. The molecule has 0 saturated heterocycles. The molecule has 0 saturated carbocycles. The molecule has 31 heavy (non-hydrogen) atoms. The van der Waals surface area contributed by atoms with Gasteiger partial charge in [-0.05, 0) is 36.4 Å². The first-order chi connectivity index (χ1) is 15.2. The molecule has 5 nitrogen and oxygen atoms in total. The Hall–Kier alpha value is -3.51. The third-order valence-electron chi connectivity index (χ3n) is 5.79. The molecule has 0 radical (unpaired) electrons. The minimum absolute atomic E-state index is 0.0304. The van der Waals surface area contributed by atoms with E-state index >= 15 is 0 Å². The van der Waals surface area contributed by atoms with Gasteiger partial charge in [-0.3, -0.25) is 20.1 Å². The lowest BCUT2D eigenvalue weighted by atomic mass is 9.76. The molecule has 1 aromatic carbocycles. The molecule has 0 amide bonds. The summed E-state index contributed by atoms with van der Waals surface area (Å²) in [6.45, 7) is 0. The fraction of sp³-hybridized carbons (Fsp3) is 0.160. The zero-order valence-corrected chi connectivity index (χ0v) is 17.6. The number of thiophene rings is 1. The number of anilines is 1. The third-order valence-corrected chi connectivity index (χ3v) is 6.73. The minimum Gasteiger partial charge on any atom is -0.507 e. The number of nitrogens with one attached hydrogen (secondary N) is 1. The van der Waals surface area contributed by atoms with Crippen LogP contribution in [0.3, 0.4) is 0 Å². The molecular formula is C25H21N3O2S. The molecule has 0 spiro atoms. The molecule has 1 atom stereocenters. The number of aliphatic hydroxyl groups is 1. The Labute approximate surface area is 184 Å². The lowest BCUT2D eigenvalue weighted by Gasteiger charge is -2.41. The molecule has 2 aliphatic rings. The van der Waals surface area contributed by atoms with E-state index < -0.39 is 5.92 Å². The first-order valence-corrected chi connectivity index (χ1v) is 11.1. The first-order valence-electron chi connectivity index (χ1n) is 10.2. The number of amidine groups is 1. The van der Waals surface area contributed by atoms with Crippen molar-refractivity contribution in [1.82, 2.24) is 4.98 Å². The molecule has 6 heteroatoms. The van der Waals surface area contributed by atoms with E-state index in [0.29, 0.717) is 29.6 Å². The lowest BCUT2D eigenvalue weighted by molar-refractivity contribution is -0.116. The van der Waals surface area contributed by atoms with Gasteiger partial charge < -0.3 is 5.11 Å². The van der Waals surface area contributed by atoms with Crippen LogP contribution in [0.2, 0.25) is 0 Å². The summed E-state index contributed by atoms with van der Waals surface area (Å²) in [5, 5.41) is 22.5. The quantitative estimate of drug-likeness (QED) is 0.526. The Kier molecular flexibility index (Phi) is 5.00. The van der Waals surface area contributed by atoms with Crippen molar-refractivity contribution in [2.75, 3.05) is 4.90 Å². The van der Waals surface area contributed by atoms with E-state index in [4.69, 9.17) is 0 Å². The molecule has 2 N–H and O–H groups in total. The van der Waals surface area contributed by atoms with Gasteiger partial charge in [0.15, 0.2) is 5.78 Å².